The monoisotopic (exact) mass is 445 g/mol. The molecule has 0 heterocycles. The lowest BCUT2D eigenvalue weighted by Crippen LogP contribution is -2.36. The molecule has 0 aromatic heterocycles. The molecule has 0 bridgehead atoms. The van der Waals surface area contributed by atoms with Crippen molar-refractivity contribution in [3.8, 4) is 23.3 Å². The van der Waals surface area contributed by atoms with Crippen molar-refractivity contribution in [2.45, 2.75) is 77.9 Å². The maximum absolute atomic E-state index is 11.8. The molecule has 3 N–H and O–H groups in total. The van der Waals surface area contributed by atoms with Crippen molar-refractivity contribution in [3.63, 3.8) is 0 Å². The van der Waals surface area contributed by atoms with E-state index >= 15 is 0 Å². The summed E-state index contributed by atoms with van der Waals surface area (Å²) in [6.07, 6.45) is 3.97. The molecular formula is C26H39NO5. The largest absolute Gasteiger partial charge is 0.504 e. The Morgan fingerprint density at radius 3 is 2.78 bits per heavy atom. The fourth-order valence-electron chi connectivity index (χ4n) is 4.33. The third-order valence-corrected chi connectivity index (χ3v) is 6.33. The summed E-state index contributed by atoms with van der Waals surface area (Å²) in [4.78, 5) is 11.8. The number of methoxy groups -OCH3 is 1. The Kier molecular flexibility index (Phi) is 10.3. The predicted octanol–water partition coefficient (Wildman–Crippen LogP) is 3.83. The van der Waals surface area contributed by atoms with Gasteiger partial charge in [-0.25, -0.2) is 0 Å². The van der Waals surface area contributed by atoms with E-state index in [2.05, 4.69) is 31.0 Å². The Hall–Kier alpha value is -2.23. The Balaban J connectivity index is 2.33. The Morgan fingerprint density at radius 2 is 2.12 bits per heavy atom. The van der Waals surface area contributed by atoms with E-state index in [0.29, 0.717) is 31.4 Å². The molecule has 4 atom stereocenters. The normalized spacial score (nSPS) is 26.0. The van der Waals surface area contributed by atoms with Crippen molar-refractivity contribution in [1.82, 2.24) is 5.32 Å². The summed E-state index contributed by atoms with van der Waals surface area (Å²) in [5.74, 6) is 6.99. The molecule has 0 fully saturated rings. The number of hydrogen-bond donors (Lipinski definition) is 3. The second-order valence-corrected chi connectivity index (χ2v) is 8.86. The number of rotatable bonds is 9. The summed E-state index contributed by atoms with van der Waals surface area (Å²) in [6.45, 7) is 7.46. The Morgan fingerprint density at radius 1 is 1.34 bits per heavy atom. The van der Waals surface area contributed by atoms with Crippen LogP contribution < -0.4 is 10.1 Å². The minimum atomic E-state index is -0.562. The van der Waals surface area contributed by atoms with Gasteiger partial charge in [-0.05, 0) is 56.3 Å². The van der Waals surface area contributed by atoms with E-state index in [9.17, 15) is 15.0 Å². The average Bonchev–Trinajstić information content (AvgIpc) is 2.76. The van der Waals surface area contributed by atoms with Gasteiger partial charge in [0.2, 0.25) is 0 Å². The molecule has 0 aliphatic heterocycles. The molecule has 178 valence electrons. The number of nitrogens with one attached hydrogen (secondary N) is 1. The van der Waals surface area contributed by atoms with Crippen LogP contribution in [0.15, 0.2) is 18.2 Å². The summed E-state index contributed by atoms with van der Waals surface area (Å²) < 4.78 is 10.9. The molecule has 0 spiro atoms. The highest BCUT2D eigenvalue weighted by molar-refractivity contribution is 5.66. The highest BCUT2D eigenvalue weighted by atomic mass is 16.5. The van der Waals surface area contributed by atoms with E-state index in [4.69, 9.17) is 9.47 Å². The zero-order valence-corrected chi connectivity index (χ0v) is 19.9. The van der Waals surface area contributed by atoms with Crippen LogP contribution in [-0.4, -0.2) is 48.6 Å². The van der Waals surface area contributed by atoms with Gasteiger partial charge in [0.25, 0.3) is 0 Å². The number of hydrogen-bond acceptors (Lipinski definition) is 6. The zero-order chi connectivity index (χ0) is 23.6. The predicted molar refractivity (Wildman–Crippen MR) is 126 cm³/mol. The number of carbonyl (C=O) groups excluding carboxylic acids is 1. The van der Waals surface area contributed by atoms with E-state index in [1.54, 1.807) is 12.1 Å². The number of phenols is 1. The molecule has 2 rings (SSSR count). The lowest BCUT2D eigenvalue weighted by Gasteiger charge is -2.32. The first-order valence-corrected chi connectivity index (χ1v) is 11.7. The van der Waals surface area contributed by atoms with Crippen LogP contribution in [0.4, 0.5) is 0 Å². The van der Waals surface area contributed by atoms with Gasteiger partial charge in [-0.3, -0.25) is 4.79 Å². The highest BCUT2D eigenvalue weighted by Gasteiger charge is 2.32. The lowest BCUT2D eigenvalue weighted by atomic mass is 9.77. The van der Waals surface area contributed by atoms with Gasteiger partial charge in [-0.1, -0.05) is 25.8 Å². The molecule has 0 saturated carbocycles. The van der Waals surface area contributed by atoms with Gasteiger partial charge in [0.15, 0.2) is 11.5 Å². The first-order valence-electron chi connectivity index (χ1n) is 11.7. The summed E-state index contributed by atoms with van der Waals surface area (Å²) >= 11 is 0. The summed E-state index contributed by atoms with van der Waals surface area (Å²) in [7, 11) is 1.52. The fourth-order valence-corrected chi connectivity index (χ4v) is 4.33. The maximum Gasteiger partial charge on any atom is 0.302 e. The number of carbonyl (C=O) groups is 1. The molecule has 1 aliphatic carbocycles. The number of aliphatic hydroxyl groups excluding tert-OH is 1. The molecule has 1 aromatic rings. The number of aliphatic hydroxyl groups is 1. The summed E-state index contributed by atoms with van der Waals surface area (Å²) in [5, 5.41) is 24.2. The molecular weight excluding hydrogens is 406 g/mol. The lowest BCUT2D eigenvalue weighted by molar-refractivity contribution is -0.151. The van der Waals surface area contributed by atoms with E-state index in [-0.39, 0.29) is 23.1 Å². The summed E-state index contributed by atoms with van der Waals surface area (Å²) in [6, 6.07) is 5.25. The molecule has 6 heteroatoms. The first-order chi connectivity index (χ1) is 15.3. The van der Waals surface area contributed by atoms with Crippen LogP contribution in [0.2, 0.25) is 0 Å². The molecule has 0 saturated heterocycles. The van der Waals surface area contributed by atoms with Gasteiger partial charge in [-0.15, -0.1) is 5.92 Å². The van der Waals surface area contributed by atoms with Crippen molar-refractivity contribution >= 4 is 5.97 Å². The van der Waals surface area contributed by atoms with E-state index in [1.165, 1.54) is 14.0 Å². The zero-order valence-electron chi connectivity index (χ0n) is 19.9. The van der Waals surface area contributed by atoms with Gasteiger partial charge in [0.05, 0.1) is 13.2 Å². The molecule has 1 aliphatic rings. The van der Waals surface area contributed by atoms with Crippen molar-refractivity contribution in [1.29, 1.82) is 0 Å². The molecule has 32 heavy (non-hydrogen) atoms. The number of phenolic OH excluding ortho intramolecular Hbond substituents is 1. The second kappa shape index (κ2) is 12.7. The number of aromatic hydroxyl groups is 1. The maximum atomic E-state index is 11.8. The van der Waals surface area contributed by atoms with E-state index < -0.39 is 12.2 Å². The molecule has 0 unspecified atom stereocenters. The van der Waals surface area contributed by atoms with Crippen LogP contribution in [0.5, 0.6) is 11.5 Å². The van der Waals surface area contributed by atoms with Crippen molar-refractivity contribution < 1.29 is 24.5 Å². The minimum Gasteiger partial charge on any atom is -0.504 e. The Bertz CT molecular complexity index is 799. The number of ether oxygens (including phenoxy) is 2. The van der Waals surface area contributed by atoms with Crippen LogP contribution >= 0.6 is 0 Å². The smallest absolute Gasteiger partial charge is 0.302 e. The SMILES string of the molecule is CCCNC[C@]1(CC)C#CC[C@H](Cc2ccc(O)c(OC)c2)[C@@H](OC(C)=O)C[C@@H](O)CC1. The van der Waals surface area contributed by atoms with E-state index in [0.717, 1.165) is 37.9 Å². The number of esters is 1. The van der Waals surface area contributed by atoms with Gasteiger partial charge >= 0.3 is 5.97 Å². The topological polar surface area (TPSA) is 88.0 Å². The van der Waals surface area contributed by atoms with Crippen molar-refractivity contribution in [2.75, 3.05) is 20.2 Å². The quantitative estimate of drug-likeness (QED) is 0.304. The average molecular weight is 446 g/mol. The van der Waals surface area contributed by atoms with Crippen LogP contribution in [0.25, 0.3) is 0 Å². The molecule has 6 nitrogen and oxygen atoms in total. The van der Waals surface area contributed by atoms with Crippen LogP contribution in [0, 0.1) is 23.2 Å². The van der Waals surface area contributed by atoms with Crippen LogP contribution in [0.3, 0.4) is 0 Å². The van der Waals surface area contributed by atoms with Crippen molar-refractivity contribution in [2.24, 2.45) is 11.3 Å². The third kappa shape index (κ3) is 7.72. The molecule has 0 radical (unpaired) electrons. The highest BCUT2D eigenvalue weighted by Crippen LogP contribution is 2.33. The third-order valence-electron chi connectivity index (χ3n) is 6.33. The molecule has 1 aromatic carbocycles. The second-order valence-electron chi connectivity index (χ2n) is 8.86. The standard InChI is InChI=1S/C26H39NO5/c1-5-14-27-18-26(6-2)12-7-8-21(15-20-9-10-23(30)25(16-20)31-4)24(32-19(3)28)17-22(29)11-13-26/h9-10,16,21-22,24,27,29-30H,5-6,8,11,13-15,17-18H2,1-4H3/t21-,22+,24+,26-/m1/s1. The molecule has 0 amide bonds. The number of benzene rings is 1. The van der Waals surface area contributed by atoms with E-state index in [1.807, 2.05) is 6.07 Å². The fraction of sp³-hybridized carbons (Fsp3) is 0.654. The van der Waals surface area contributed by atoms with Crippen LogP contribution in [0.1, 0.15) is 64.9 Å². The van der Waals surface area contributed by atoms with Crippen LogP contribution in [-0.2, 0) is 16.0 Å². The minimum absolute atomic E-state index is 0.0773. The summed E-state index contributed by atoms with van der Waals surface area (Å²) in [5.41, 5.74) is 0.790. The van der Waals surface area contributed by atoms with Gasteiger partial charge < -0.3 is 25.0 Å². The van der Waals surface area contributed by atoms with Gasteiger partial charge in [0.1, 0.15) is 6.10 Å². The Labute approximate surface area is 192 Å². The van der Waals surface area contributed by atoms with Crippen molar-refractivity contribution in [3.05, 3.63) is 23.8 Å². The first kappa shape index (κ1) is 26.0. The van der Waals surface area contributed by atoms with Gasteiger partial charge in [-0.2, -0.15) is 0 Å². The van der Waals surface area contributed by atoms with Gasteiger partial charge in [0, 0.05) is 37.6 Å².